The zero-order valence-corrected chi connectivity index (χ0v) is 9.46. The highest BCUT2D eigenvalue weighted by molar-refractivity contribution is 5.97. The van der Waals surface area contributed by atoms with Gasteiger partial charge in [0.15, 0.2) is 0 Å². The van der Waals surface area contributed by atoms with Crippen LogP contribution in [0.25, 0.3) is 10.9 Å². The molecule has 0 radical (unpaired) electrons. The Morgan fingerprint density at radius 3 is 3.00 bits per heavy atom. The molecule has 4 nitrogen and oxygen atoms in total. The Balaban J connectivity index is 2.21. The van der Waals surface area contributed by atoms with Crippen molar-refractivity contribution in [3.63, 3.8) is 0 Å². The Morgan fingerprint density at radius 2 is 2.29 bits per heavy atom. The lowest BCUT2D eigenvalue weighted by molar-refractivity contribution is 0.0947. The van der Waals surface area contributed by atoms with Crippen LogP contribution in [0.3, 0.4) is 0 Å². The second-order valence-corrected chi connectivity index (χ2v) is 4.10. The summed E-state index contributed by atoms with van der Waals surface area (Å²) in [7, 11) is 0. The van der Waals surface area contributed by atoms with Crippen molar-refractivity contribution in [1.29, 1.82) is 0 Å². The summed E-state index contributed by atoms with van der Waals surface area (Å²) in [6.07, 6.45) is 0. The third-order valence-corrected chi connectivity index (χ3v) is 2.41. The molecule has 17 heavy (non-hydrogen) atoms. The molecule has 1 amide bonds. The Hall–Kier alpha value is -1.88. The first-order valence-electron chi connectivity index (χ1n) is 5.38. The van der Waals surface area contributed by atoms with Crippen molar-refractivity contribution < 1.29 is 9.18 Å². The smallest absolute Gasteiger partial charge is 0.267 e. The van der Waals surface area contributed by atoms with Crippen LogP contribution in [0, 0.1) is 5.82 Å². The van der Waals surface area contributed by atoms with Gasteiger partial charge >= 0.3 is 0 Å². The number of halogens is 1. The maximum atomic E-state index is 13.0. The largest absolute Gasteiger partial charge is 0.350 e. The maximum absolute atomic E-state index is 13.0. The summed E-state index contributed by atoms with van der Waals surface area (Å²) in [5, 5.41) is 3.49. The Kier molecular flexibility index (Phi) is 3.10. The van der Waals surface area contributed by atoms with Crippen LogP contribution >= 0.6 is 0 Å². The standard InChI is InChI=1S/C12H14FN3O/c1-7(14)6-15-12(17)11-4-8-2-3-9(13)5-10(8)16-11/h2-5,7,16H,6,14H2,1H3,(H,15,17). The number of fused-ring (bicyclic) bond motifs is 1. The van der Waals surface area contributed by atoms with Crippen LogP contribution in [0.15, 0.2) is 24.3 Å². The fourth-order valence-electron chi connectivity index (χ4n) is 1.57. The van der Waals surface area contributed by atoms with Gasteiger partial charge in [0.2, 0.25) is 0 Å². The van der Waals surface area contributed by atoms with Crippen molar-refractivity contribution in [2.75, 3.05) is 6.54 Å². The molecule has 90 valence electrons. The van der Waals surface area contributed by atoms with Gasteiger partial charge in [0, 0.05) is 23.5 Å². The minimum atomic E-state index is -0.332. The van der Waals surface area contributed by atoms with Crippen LogP contribution in [0.5, 0.6) is 0 Å². The average Bonchev–Trinajstić information content (AvgIpc) is 2.68. The predicted octanol–water partition coefficient (Wildman–Crippen LogP) is 1.38. The third kappa shape index (κ3) is 2.62. The number of hydrogen-bond donors (Lipinski definition) is 3. The van der Waals surface area contributed by atoms with Crippen molar-refractivity contribution in [3.8, 4) is 0 Å². The molecule has 1 unspecified atom stereocenters. The summed E-state index contributed by atoms with van der Waals surface area (Å²) in [6.45, 7) is 2.21. The fourth-order valence-corrected chi connectivity index (χ4v) is 1.57. The van der Waals surface area contributed by atoms with Gasteiger partial charge in [-0.15, -0.1) is 0 Å². The molecule has 0 spiro atoms. The maximum Gasteiger partial charge on any atom is 0.267 e. The molecule has 0 aliphatic heterocycles. The van der Waals surface area contributed by atoms with Crippen molar-refractivity contribution >= 4 is 16.8 Å². The molecule has 5 heteroatoms. The summed E-state index contributed by atoms with van der Waals surface area (Å²) in [5.74, 6) is -0.569. The molecule has 0 bridgehead atoms. The Labute approximate surface area is 98.0 Å². The van der Waals surface area contributed by atoms with Crippen LogP contribution in [-0.4, -0.2) is 23.5 Å². The second kappa shape index (κ2) is 4.55. The summed E-state index contributed by atoms with van der Waals surface area (Å²) >= 11 is 0. The van der Waals surface area contributed by atoms with E-state index in [0.29, 0.717) is 17.8 Å². The first-order valence-corrected chi connectivity index (χ1v) is 5.38. The number of carbonyl (C=O) groups is 1. The molecule has 2 aromatic rings. The number of nitrogens with two attached hydrogens (primary N) is 1. The number of aromatic amines is 1. The topological polar surface area (TPSA) is 70.9 Å². The van der Waals surface area contributed by atoms with E-state index in [-0.39, 0.29) is 17.8 Å². The highest BCUT2D eigenvalue weighted by atomic mass is 19.1. The van der Waals surface area contributed by atoms with E-state index in [1.54, 1.807) is 19.1 Å². The van der Waals surface area contributed by atoms with E-state index in [9.17, 15) is 9.18 Å². The molecule has 0 aliphatic rings. The first-order chi connectivity index (χ1) is 8.06. The molecule has 0 saturated heterocycles. The highest BCUT2D eigenvalue weighted by Crippen LogP contribution is 2.16. The van der Waals surface area contributed by atoms with Crippen LogP contribution in [0.2, 0.25) is 0 Å². The van der Waals surface area contributed by atoms with Crippen LogP contribution in [-0.2, 0) is 0 Å². The van der Waals surface area contributed by atoms with Gasteiger partial charge in [-0.1, -0.05) is 0 Å². The van der Waals surface area contributed by atoms with E-state index in [0.717, 1.165) is 5.39 Å². The number of H-pyrrole nitrogens is 1. The molecular weight excluding hydrogens is 221 g/mol. The van der Waals surface area contributed by atoms with Crippen LogP contribution in [0.4, 0.5) is 4.39 Å². The molecule has 0 aliphatic carbocycles. The van der Waals surface area contributed by atoms with E-state index in [1.807, 2.05) is 0 Å². The number of carbonyl (C=O) groups excluding carboxylic acids is 1. The quantitative estimate of drug-likeness (QED) is 0.752. The SMILES string of the molecule is CC(N)CNC(=O)c1cc2ccc(F)cc2[nH]1. The average molecular weight is 235 g/mol. The zero-order chi connectivity index (χ0) is 12.4. The number of rotatable bonds is 3. The van der Waals surface area contributed by atoms with E-state index in [2.05, 4.69) is 10.3 Å². The van der Waals surface area contributed by atoms with E-state index >= 15 is 0 Å². The minimum Gasteiger partial charge on any atom is -0.350 e. The summed E-state index contributed by atoms with van der Waals surface area (Å²) < 4.78 is 13.0. The summed E-state index contributed by atoms with van der Waals surface area (Å²) in [5.41, 5.74) is 6.56. The normalized spacial score (nSPS) is 12.6. The summed E-state index contributed by atoms with van der Waals surface area (Å²) in [4.78, 5) is 14.6. The van der Waals surface area contributed by atoms with Gasteiger partial charge in [0.05, 0.1) is 0 Å². The van der Waals surface area contributed by atoms with E-state index < -0.39 is 0 Å². The number of hydrogen-bond acceptors (Lipinski definition) is 2. The third-order valence-electron chi connectivity index (χ3n) is 2.41. The van der Waals surface area contributed by atoms with Gasteiger partial charge < -0.3 is 16.0 Å². The molecule has 0 saturated carbocycles. The van der Waals surface area contributed by atoms with Gasteiger partial charge in [-0.05, 0) is 31.2 Å². The van der Waals surface area contributed by atoms with Crippen LogP contribution in [0.1, 0.15) is 17.4 Å². The fraction of sp³-hybridized carbons (Fsp3) is 0.250. The van der Waals surface area contributed by atoms with Crippen molar-refractivity contribution in [2.45, 2.75) is 13.0 Å². The summed E-state index contributed by atoms with van der Waals surface area (Å²) in [6, 6.07) is 5.94. The number of nitrogens with one attached hydrogen (secondary N) is 2. The number of amides is 1. The number of benzene rings is 1. The van der Waals surface area contributed by atoms with Gasteiger partial charge in [-0.3, -0.25) is 4.79 Å². The minimum absolute atomic E-state index is 0.0965. The Morgan fingerprint density at radius 1 is 1.53 bits per heavy atom. The number of aromatic nitrogens is 1. The second-order valence-electron chi connectivity index (χ2n) is 4.10. The van der Waals surface area contributed by atoms with Crippen molar-refractivity contribution in [3.05, 3.63) is 35.8 Å². The first kappa shape index (κ1) is 11.6. The van der Waals surface area contributed by atoms with Crippen LogP contribution < -0.4 is 11.1 Å². The van der Waals surface area contributed by atoms with Gasteiger partial charge in [-0.2, -0.15) is 0 Å². The van der Waals surface area contributed by atoms with Gasteiger partial charge in [0.1, 0.15) is 11.5 Å². The predicted molar refractivity (Wildman–Crippen MR) is 64.2 cm³/mol. The monoisotopic (exact) mass is 235 g/mol. The molecule has 1 aromatic heterocycles. The van der Waals surface area contributed by atoms with Gasteiger partial charge in [0.25, 0.3) is 5.91 Å². The molecule has 2 rings (SSSR count). The molecule has 1 atom stereocenters. The lowest BCUT2D eigenvalue weighted by Gasteiger charge is -2.05. The van der Waals surface area contributed by atoms with Crippen molar-refractivity contribution in [1.82, 2.24) is 10.3 Å². The van der Waals surface area contributed by atoms with Crippen molar-refractivity contribution in [2.24, 2.45) is 5.73 Å². The molecule has 0 fully saturated rings. The lowest BCUT2D eigenvalue weighted by Crippen LogP contribution is -2.35. The Bertz CT molecular complexity index is 548. The zero-order valence-electron chi connectivity index (χ0n) is 9.46. The highest BCUT2D eigenvalue weighted by Gasteiger charge is 2.09. The molecule has 4 N–H and O–H groups in total. The van der Waals surface area contributed by atoms with E-state index in [4.69, 9.17) is 5.73 Å². The van der Waals surface area contributed by atoms with Gasteiger partial charge in [-0.25, -0.2) is 4.39 Å². The molecular formula is C12H14FN3O. The molecule has 1 heterocycles. The molecule has 1 aromatic carbocycles. The lowest BCUT2D eigenvalue weighted by atomic mass is 10.2. The van der Waals surface area contributed by atoms with E-state index in [1.165, 1.54) is 12.1 Å².